The average molecular weight is 347 g/mol. The van der Waals surface area contributed by atoms with Crippen LogP contribution in [-0.2, 0) is 11.3 Å². The van der Waals surface area contributed by atoms with Gasteiger partial charge in [-0.25, -0.2) is 4.79 Å². The summed E-state index contributed by atoms with van der Waals surface area (Å²) in [6, 6.07) is 7.26. The van der Waals surface area contributed by atoms with Gasteiger partial charge in [-0.05, 0) is 24.2 Å². The molecule has 6 nitrogen and oxygen atoms in total. The lowest BCUT2D eigenvalue weighted by Crippen LogP contribution is -2.52. The molecule has 25 heavy (non-hydrogen) atoms. The fourth-order valence-corrected chi connectivity index (χ4v) is 3.66. The first-order valence-corrected chi connectivity index (χ1v) is 9.25. The first-order chi connectivity index (χ1) is 12.1. The molecule has 3 rings (SSSR count). The molecule has 1 unspecified atom stereocenters. The summed E-state index contributed by atoms with van der Waals surface area (Å²) in [5.74, 6) is -0.861. The zero-order valence-electron chi connectivity index (χ0n) is 15.1. The van der Waals surface area contributed by atoms with Gasteiger partial charge in [-0.1, -0.05) is 19.1 Å². The Morgan fingerprint density at radius 1 is 1.16 bits per heavy atom. The number of carbonyl (C=O) groups is 1. The molecule has 138 valence electrons. The van der Waals surface area contributed by atoms with E-state index in [0.717, 1.165) is 71.1 Å². The number of rotatable bonds is 6. The molecule has 0 aromatic heterocycles. The summed E-state index contributed by atoms with van der Waals surface area (Å²) in [5, 5.41) is 9.11. The van der Waals surface area contributed by atoms with E-state index in [9.17, 15) is 4.79 Å². The number of piperazine rings is 1. The Morgan fingerprint density at radius 2 is 1.92 bits per heavy atom. The van der Waals surface area contributed by atoms with Gasteiger partial charge in [0, 0.05) is 52.4 Å². The maximum absolute atomic E-state index is 11.1. The van der Waals surface area contributed by atoms with E-state index in [1.165, 1.54) is 0 Å². The Bertz CT molecular complexity index is 573. The van der Waals surface area contributed by atoms with Crippen LogP contribution in [0.1, 0.15) is 22.8 Å². The van der Waals surface area contributed by atoms with Gasteiger partial charge < -0.3 is 9.84 Å². The lowest BCUT2D eigenvalue weighted by molar-refractivity contribution is -0.0470. The molecule has 1 N–H and O–H groups in total. The minimum atomic E-state index is -0.861. The molecule has 0 radical (unpaired) electrons. The number of carboxylic acid groups (broad SMARTS) is 1. The van der Waals surface area contributed by atoms with Crippen molar-refractivity contribution in [3.05, 3.63) is 35.4 Å². The maximum Gasteiger partial charge on any atom is 0.335 e. The fraction of sp³-hybridized carbons (Fsp3) is 0.632. The van der Waals surface area contributed by atoms with E-state index in [1.807, 2.05) is 12.1 Å². The van der Waals surface area contributed by atoms with Crippen molar-refractivity contribution in [3.63, 3.8) is 0 Å². The van der Waals surface area contributed by atoms with Crippen molar-refractivity contribution in [2.75, 3.05) is 59.0 Å². The van der Waals surface area contributed by atoms with Gasteiger partial charge in [0.05, 0.1) is 18.3 Å². The molecule has 2 heterocycles. The summed E-state index contributed by atoms with van der Waals surface area (Å²) < 4.78 is 5.92. The molecule has 1 aromatic carbocycles. The Hall–Kier alpha value is -1.47. The molecule has 6 heteroatoms. The van der Waals surface area contributed by atoms with Crippen molar-refractivity contribution < 1.29 is 14.6 Å². The molecule has 1 aromatic rings. The fourth-order valence-electron chi connectivity index (χ4n) is 3.66. The lowest BCUT2D eigenvalue weighted by atomic mass is 10.1. The maximum atomic E-state index is 11.1. The Labute approximate surface area is 150 Å². The molecule has 0 spiro atoms. The number of hydrogen-bond acceptors (Lipinski definition) is 5. The van der Waals surface area contributed by atoms with Gasteiger partial charge in [-0.2, -0.15) is 0 Å². The van der Waals surface area contributed by atoms with Crippen LogP contribution in [0.5, 0.6) is 0 Å². The third-order valence-corrected chi connectivity index (χ3v) is 5.18. The number of ether oxygens (including phenoxy) is 1. The highest BCUT2D eigenvalue weighted by Crippen LogP contribution is 2.13. The van der Waals surface area contributed by atoms with Crippen molar-refractivity contribution in [2.24, 2.45) is 0 Å². The normalized spacial score (nSPS) is 23.6. The van der Waals surface area contributed by atoms with Crippen LogP contribution in [0.15, 0.2) is 24.3 Å². The largest absolute Gasteiger partial charge is 0.478 e. The van der Waals surface area contributed by atoms with Crippen LogP contribution in [0.25, 0.3) is 0 Å². The highest BCUT2D eigenvalue weighted by molar-refractivity contribution is 5.87. The lowest BCUT2D eigenvalue weighted by Gasteiger charge is -2.39. The number of morpholine rings is 1. The highest BCUT2D eigenvalue weighted by atomic mass is 16.5. The molecule has 2 aliphatic rings. The van der Waals surface area contributed by atoms with Gasteiger partial charge >= 0.3 is 5.97 Å². The second-order valence-electron chi connectivity index (χ2n) is 6.97. The summed E-state index contributed by atoms with van der Waals surface area (Å²) >= 11 is 0. The van der Waals surface area contributed by atoms with Crippen LogP contribution in [0.3, 0.4) is 0 Å². The van der Waals surface area contributed by atoms with Crippen LogP contribution in [0, 0.1) is 0 Å². The van der Waals surface area contributed by atoms with Gasteiger partial charge in [-0.3, -0.25) is 14.7 Å². The van der Waals surface area contributed by atoms with Crippen molar-refractivity contribution in [1.29, 1.82) is 0 Å². The number of nitrogens with zero attached hydrogens (tertiary/aromatic N) is 3. The second kappa shape index (κ2) is 8.76. The van der Waals surface area contributed by atoms with Crippen LogP contribution in [-0.4, -0.2) is 90.8 Å². The van der Waals surface area contributed by atoms with Crippen LogP contribution >= 0.6 is 0 Å². The molecule has 2 fully saturated rings. The number of hydrogen-bond donors (Lipinski definition) is 1. The summed E-state index contributed by atoms with van der Waals surface area (Å²) in [5.41, 5.74) is 1.44. The molecule has 2 saturated heterocycles. The number of benzene rings is 1. The van der Waals surface area contributed by atoms with Crippen LogP contribution < -0.4 is 0 Å². The van der Waals surface area contributed by atoms with E-state index in [-0.39, 0.29) is 0 Å². The Kier molecular flexibility index (Phi) is 6.42. The monoisotopic (exact) mass is 347 g/mol. The molecular weight excluding hydrogens is 318 g/mol. The van der Waals surface area contributed by atoms with E-state index < -0.39 is 5.97 Å². The molecular formula is C19H29N3O3. The Morgan fingerprint density at radius 3 is 2.64 bits per heavy atom. The minimum absolute atomic E-state index is 0.326. The van der Waals surface area contributed by atoms with Gasteiger partial charge in [0.25, 0.3) is 0 Å². The molecule has 0 saturated carbocycles. The first kappa shape index (κ1) is 18.3. The van der Waals surface area contributed by atoms with E-state index in [1.54, 1.807) is 12.1 Å². The number of carboxylic acids is 1. The average Bonchev–Trinajstić information content (AvgIpc) is 2.64. The topological polar surface area (TPSA) is 56.2 Å². The first-order valence-electron chi connectivity index (χ1n) is 9.25. The van der Waals surface area contributed by atoms with Crippen LogP contribution in [0.2, 0.25) is 0 Å². The molecule has 2 aliphatic heterocycles. The second-order valence-corrected chi connectivity index (χ2v) is 6.97. The zero-order chi connectivity index (χ0) is 17.6. The molecule has 1 atom stereocenters. The summed E-state index contributed by atoms with van der Waals surface area (Å²) in [6.45, 7) is 12.2. The predicted octanol–water partition coefficient (Wildman–Crippen LogP) is 1.22. The standard InChI is InChI=1S/C19H29N3O3/c1-2-20-10-11-25-18(14-20)15-22-8-6-21(7-9-22)13-16-4-3-5-17(12-16)19(23)24/h3-5,12,18H,2,6-11,13-15H2,1H3,(H,23,24). The highest BCUT2D eigenvalue weighted by Gasteiger charge is 2.24. The van der Waals surface area contributed by atoms with Gasteiger partial charge in [-0.15, -0.1) is 0 Å². The van der Waals surface area contributed by atoms with Crippen molar-refractivity contribution >= 4 is 5.97 Å². The molecule has 0 aliphatic carbocycles. The minimum Gasteiger partial charge on any atom is -0.478 e. The van der Waals surface area contributed by atoms with Crippen molar-refractivity contribution in [3.8, 4) is 0 Å². The van der Waals surface area contributed by atoms with Gasteiger partial charge in [0.2, 0.25) is 0 Å². The molecule has 0 amide bonds. The quantitative estimate of drug-likeness (QED) is 0.835. The van der Waals surface area contributed by atoms with Crippen molar-refractivity contribution in [1.82, 2.24) is 14.7 Å². The van der Waals surface area contributed by atoms with E-state index >= 15 is 0 Å². The number of likely N-dealkylation sites (N-methyl/N-ethyl adjacent to an activating group) is 1. The van der Waals surface area contributed by atoms with Crippen LogP contribution in [0.4, 0.5) is 0 Å². The number of aromatic carboxylic acids is 1. The predicted molar refractivity (Wildman–Crippen MR) is 97.0 cm³/mol. The van der Waals surface area contributed by atoms with E-state index in [2.05, 4.69) is 21.6 Å². The zero-order valence-corrected chi connectivity index (χ0v) is 15.1. The summed E-state index contributed by atoms with van der Waals surface area (Å²) in [6.07, 6.45) is 0.326. The van der Waals surface area contributed by atoms with E-state index in [4.69, 9.17) is 9.84 Å². The summed E-state index contributed by atoms with van der Waals surface area (Å²) in [7, 11) is 0. The summed E-state index contributed by atoms with van der Waals surface area (Å²) in [4.78, 5) is 18.4. The SMILES string of the molecule is CCN1CCOC(CN2CCN(Cc3cccc(C(=O)O)c3)CC2)C1. The Balaban J connectivity index is 1.44. The van der Waals surface area contributed by atoms with E-state index in [0.29, 0.717) is 11.7 Å². The van der Waals surface area contributed by atoms with Crippen molar-refractivity contribution in [2.45, 2.75) is 19.6 Å². The van der Waals surface area contributed by atoms with Gasteiger partial charge in [0.15, 0.2) is 0 Å². The smallest absolute Gasteiger partial charge is 0.335 e. The molecule has 0 bridgehead atoms. The third-order valence-electron chi connectivity index (χ3n) is 5.18. The van der Waals surface area contributed by atoms with Gasteiger partial charge in [0.1, 0.15) is 0 Å². The third kappa shape index (κ3) is 5.25.